The maximum atomic E-state index is 13.0. The number of rotatable bonds is 5. The highest BCUT2D eigenvalue weighted by Crippen LogP contribution is 2.25. The highest BCUT2D eigenvalue weighted by atomic mass is 19.3. The minimum Gasteiger partial charge on any atom is -0.433 e. The maximum absolute atomic E-state index is 13.0. The van der Waals surface area contributed by atoms with Gasteiger partial charge in [-0.05, 0) is 35.9 Å². The van der Waals surface area contributed by atoms with Gasteiger partial charge in [0.15, 0.2) is 0 Å². The number of hydrogen-bond donors (Lipinski definition) is 1. The molecule has 0 aliphatic rings. The lowest BCUT2D eigenvalue weighted by Crippen LogP contribution is -2.11. The van der Waals surface area contributed by atoms with E-state index in [1.165, 1.54) is 48.6 Å². The Morgan fingerprint density at radius 1 is 1.14 bits per heavy atom. The van der Waals surface area contributed by atoms with Crippen LogP contribution in [0, 0.1) is 5.82 Å². The van der Waals surface area contributed by atoms with E-state index in [9.17, 15) is 18.0 Å². The molecule has 0 atom stereocenters. The number of anilines is 1. The number of amides is 1. The van der Waals surface area contributed by atoms with Crippen LogP contribution in [-0.2, 0) is 4.79 Å². The third-order valence-electron chi connectivity index (χ3n) is 2.64. The Hall–Kier alpha value is -2.76. The van der Waals surface area contributed by atoms with Crippen molar-refractivity contribution in [2.75, 3.05) is 5.32 Å². The third kappa shape index (κ3) is 4.66. The molecular weight excluding hydrogens is 295 g/mol. The van der Waals surface area contributed by atoms with Crippen LogP contribution >= 0.6 is 0 Å². The van der Waals surface area contributed by atoms with Crippen molar-refractivity contribution in [2.45, 2.75) is 6.61 Å². The molecule has 114 valence electrons. The van der Waals surface area contributed by atoms with E-state index in [0.717, 1.165) is 0 Å². The molecule has 0 heterocycles. The zero-order chi connectivity index (χ0) is 15.9. The largest absolute Gasteiger partial charge is 0.433 e. The SMILES string of the molecule is O=C(/C=C/c1cccc(F)c1)Nc1ccccc1OC(F)F. The van der Waals surface area contributed by atoms with Crippen molar-refractivity contribution in [1.29, 1.82) is 0 Å². The number of carbonyl (C=O) groups excluding carboxylic acids is 1. The Morgan fingerprint density at radius 2 is 1.91 bits per heavy atom. The molecule has 2 rings (SSSR count). The molecule has 0 aliphatic carbocycles. The molecule has 6 heteroatoms. The van der Waals surface area contributed by atoms with Gasteiger partial charge in [-0.2, -0.15) is 8.78 Å². The summed E-state index contributed by atoms with van der Waals surface area (Å²) >= 11 is 0. The highest BCUT2D eigenvalue weighted by Gasteiger charge is 2.10. The van der Waals surface area contributed by atoms with Gasteiger partial charge in [0.25, 0.3) is 0 Å². The maximum Gasteiger partial charge on any atom is 0.387 e. The molecule has 22 heavy (non-hydrogen) atoms. The van der Waals surface area contributed by atoms with Crippen LogP contribution in [0.3, 0.4) is 0 Å². The summed E-state index contributed by atoms with van der Waals surface area (Å²) in [4.78, 5) is 11.8. The number of benzene rings is 2. The molecule has 2 aromatic carbocycles. The smallest absolute Gasteiger partial charge is 0.387 e. The molecule has 0 saturated heterocycles. The number of carbonyl (C=O) groups is 1. The second-order valence-electron chi connectivity index (χ2n) is 4.25. The van der Waals surface area contributed by atoms with E-state index < -0.39 is 18.3 Å². The van der Waals surface area contributed by atoms with Gasteiger partial charge in [-0.15, -0.1) is 0 Å². The standard InChI is InChI=1S/C16H12F3NO2/c17-12-5-3-4-11(10-12)8-9-15(21)20-13-6-1-2-7-14(13)22-16(18)19/h1-10,16H,(H,20,21)/b9-8+. The van der Waals surface area contributed by atoms with E-state index in [-0.39, 0.29) is 11.4 Å². The van der Waals surface area contributed by atoms with Crippen LogP contribution in [0.2, 0.25) is 0 Å². The van der Waals surface area contributed by atoms with Gasteiger partial charge < -0.3 is 10.1 Å². The quantitative estimate of drug-likeness (QED) is 0.845. The van der Waals surface area contributed by atoms with Crippen LogP contribution in [-0.4, -0.2) is 12.5 Å². The number of halogens is 3. The Bertz CT molecular complexity index is 687. The monoisotopic (exact) mass is 307 g/mol. The topological polar surface area (TPSA) is 38.3 Å². The van der Waals surface area contributed by atoms with Gasteiger partial charge in [0, 0.05) is 6.08 Å². The summed E-state index contributed by atoms with van der Waals surface area (Å²) < 4.78 is 41.8. The molecule has 0 bridgehead atoms. The molecule has 0 saturated carbocycles. The van der Waals surface area contributed by atoms with Crippen molar-refractivity contribution in [3.05, 3.63) is 66.0 Å². The molecule has 0 aliphatic heterocycles. The normalized spacial score (nSPS) is 10.9. The van der Waals surface area contributed by atoms with Gasteiger partial charge in [0.05, 0.1) is 5.69 Å². The molecule has 0 fully saturated rings. The van der Waals surface area contributed by atoms with Crippen LogP contribution in [0.5, 0.6) is 5.75 Å². The minimum absolute atomic E-state index is 0.122. The summed E-state index contributed by atoms with van der Waals surface area (Å²) in [6.45, 7) is -2.99. The first kappa shape index (κ1) is 15.6. The molecule has 1 amide bonds. The summed E-state index contributed by atoms with van der Waals surface area (Å²) in [6.07, 6.45) is 2.59. The molecule has 0 aromatic heterocycles. The average Bonchev–Trinajstić information content (AvgIpc) is 2.47. The van der Waals surface area contributed by atoms with Crippen molar-refractivity contribution in [3.8, 4) is 5.75 Å². The fourth-order valence-electron chi connectivity index (χ4n) is 1.73. The second-order valence-corrected chi connectivity index (χ2v) is 4.25. The van der Waals surface area contributed by atoms with Gasteiger partial charge in [-0.25, -0.2) is 4.39 Å². The Kier molecular flexibility index (Phi) is 5.19. The Labute approximate surface area is 125 Å². The van der Waals surface area contributed by atoms with Gasteiger partial charge >= 0.3 is 6.61 Å². The fourth-order valence-corrected chi connectivity index (χ4v) is 1.73. The van der Waals surface area contributed by atoms with Crippen molar-refractivity contribution in [2.24, 2.45) is 0 Å². The molecule has 3 nitrogen and oxygen atoms in total. The number of para-hydroxylation sites is 2. The first-order valence-electron chi connectivity index (χ1n) is 6.33. The van der Waals surface area contributed by atoms with E-state index in [2.05, 4.69) is 10.1 Å². The van der Waals surface area contributed by atoms with Crippen LogP contribution < -0.4 is 10.1 Å². The van der Waals surface area contributed by atoms with E-state index in [1.807, 2.05) is 0 Å². The van der Waals surface area contributed by atoms with E-state index >= 15 is 0 Å². The number of alkyl halides is 2. The molecule has 0 unspecified atom stereocenters. The summed E-state index contributed by atoms with van der Waals surface area (Å²) in [5, 5.41) is 2.42. The van der Waals surface area contributed by atoms with E-state index in [1.54, 1.807) is 12.1 Å². The average molecular weight is 307 g/mol. The van der Waals surface area contributed by atoms with E-state index in [0.29, 0.717) is 5.56 Å². The zero-order valence-corrected chi connectivity index (χ0v) is 11.3. The summed E-state index contributed by atoms with van der Waals surface area (Å²) in [6, 6.07) is 11.5. The van der Waals surface area contributed by atoms with Crippen molar-refractivity contribution < 1.29 is 22.7 Å². The predicted octanol–water partition coefficient (Wildman–Crippen LogP) is 4.08. The molecule has 2 aromatic rings. The lowest BCUT2D eigenvalue weighted by atomic mass is 10.2. The first-order valence-corrected chi connectivity index (χ1v) is 6.33. The highest BCUT2D eigenvalue weighted by molar-refractivity contribution is 6.02. The van der Waals surface area contributed by atoms with Crippen LogP contribution in [0.15, 0.2) is 54.6 Å². The Balaban J connectivity index is 2.06. The molecular formula is C16H12F3NO2. The fraction of sp³-hybridized carbons (Fsp3) is 0.0625. The molecule has 1 N–H and O–H groups in total. The van der Waals surface area contributed by atoms with Gasteiger partial charge in [0.1, 0.15) is 11.6 Å². The van der Waals surface area contributed by atoms with Gasteiger partial charge in [-0.1, -0.05) is 24.3 Å². The second kappa shape index (κ2) is 7.31. The lowest BCUT2D eigenvalue weighted by Gasteiger charge is -2.10. The molecule has 0 spiro atoms. The minimum atomic E-state index is -2.99. The van der Waals surface area contributed by atoms with Crippen molar-refractivity contribution in [1.82, 2.24) is 0 Å². The summed E-state index contributed by atoms with van der Waals surface area (Å²) in [5.74, 6) is -1.10. The van der Waals surface area contributed by atoms with Gasteiger partial charge in [-0.3, -0.25) is 4.79 Å². The van der Waals surface area contributed by atoms with Crippen molar-refractivity contribution in [3.63, 3.8) is 0 Å². The zero-order valence-electron chi connectivity index (χ0n) is 11.3. The summed E-state index contributed by atoms with van der Waals surface area (Å²) in [5.41, 5.74) is 0.629. The predicted molar refractivity (Wildman–Crippen MR) is 77.1 cm³/mol. The van der Waals surface area contributed by atoms with E-state index in [4.69, 9.17) is 0 Å². The van der Waals surface area contributed by atoms with Crippen LogP contribution in [0.25, 0.3) is 6.08 Å². The lowest BCUT2D eigenvalue weighted by molar-refractivity contribution is -0.111. The van der Waals surface area contributed by atoms with Crippen LogP contribution in [0.1, 0.15) is 5.56 Å². The van der Waals surface area contributed by atoms with Crippen LogP contribution in [0.4, 0.5) is 18.9 Å². The first-order chi connectivity index (χ1) is 10.5. The number of hydrogen-bond acceptors (Lipinski definition) is 2. The number of nitrogens with one attached hydrogen (secondary N) is 1. The number of ether oxygens (including phenoxy) is 1. The summed E-state index contributed by atoms with van der Waals surface area (Å²) in [7, 11) is 0. The van der Waals surface area contributed by atoms with Gasteiger partial charge in [0.2, 0.25) is 5.91 Å². The molecule has 0 radical (unpaired) electrons. The third-order valence-corrected chi connectivity index (χ3v) is 2.64. The van der Waals surface area contributed by atoms with Crippen molar-refractivity contribution >= 4 is 17.7 Å². The Morgan fingerprint density at radius 3 is 2.64 bits per heavy atom.